The quantitative estimate of drug-likeness (QED) is 0.264. The predicted molar refractivity (Wildman–Crippen MR) is 98.7 cm³/mol. The minimum absolute atomic E-state index is 0. The predicted octanol–water partition coefficient (Wildman–Crippen LogP) is 1.08. The molecule has 0 saturated heterocycles. The van der Waals surface area contributed by atoms with E-state index in [1.54, 1.807) is 51.1 Å². The van der Waals surface area contributed by atoms with Crippen LogP contribution in [-0.4, -0.2) is 11.6 Å². The van der Waals surface area contributed by atoms with Gasteiger partial charge in [0.1, 0.15) is 23.1 Å². The zero-order valence-corrected chi connectivity index (χ0v) is 16.7. The molecule has 28 heavy (non-hydrogen) atoms. The van der Waals surface area contributed by atoms with E-state index in [1.807, 2.05) is 18.2 Å². The number of hydrogen-bond donors (Lipinski definition) is 0. The molecule has 140 valence electrons. The molecular weight excluding hydrogens is 352 g/mol. The van der Waals surface area contributed by atoms with E-state index in [0.29, 0.717) is 11.1 Å². The first kappa shape index (κ1) is 23.5. The molecule has 4 nitrogen and oxygen atoms in total. The van der Waals surface area contributed by atoms with Crippen LogP contribution in [0.4, 0.5) is 4.39 Å². The molecular formula is C22H21FLiNO3. The molecule has 0 aliphatic carbocycles. The number of nitrogens with zero attached hydrogens (tertiary/aromatic N) is 1. The van der Waals surface area contributed by atoms with Crippen molar-refractivity contribution in [2.45, 2.75) is 39.2 Å². The van der Waals surface area contributed by atoms with Gasteiger partial charge in [-0.2, -0.15) is 5.26 Å². The summed E-state index contributed by atoms with van der Waals surface area (Å²) in [7, 11) is 0. The van der Waals surface area contributed by atoms with Crippen LogP contribution in [0.15, 0.2) is 59.9 Å². The number of benzene rings is 2. The molecule has 0 bridgehead atoms. The summed E-state index contributed by atoms with van der Waals surface area (Å²) in [4.78, 5) is 12.1. The summed E-state index contributed by atoms with van der Waals surface area (Å²) in [6.07, 6.45) is 0. The summed E-state index contributed by atoms with van der Waals surface area (Å²) in [5.41, 5.74) is 0.0965. The van der Waals surface area contributed by atoms with E-state index in [9.17, 15) is 19.6 Å². The van der Waals surface area contributed by atoms with Gasteiger partial charge in [-0.3, -0.25) is 0 Å². The number of hydrogen-bond acceptors (Lipinski definition) is 4. The Kier molecular flexibility index (Phi) is 8.06. The summed E-state index contributed by atoms with van der Waals surface area (Å²) in [6.45, 7) is 6.46. The van der Waals surface area contributed by atoms with Gasteiger partial charge in [-0.15, -0.1) is 0 Å². The molecule has 6 heteroatoms. The fourth-order valence-electron chi connectivity index (χ4n) is 2.55. The van der Waals surface area contributed by atoms with E-state index >= 15 is 0 Å². The van der Waals surface area contributed by atoms with Crippen molar-refractivity contribution in [3.8, 4) is 17.2 Å². The molecule has 0 amide bonds. The average Bonchev–Trinajstić information content (AvgIpc) is 2.60. The third kappa shape index (κ3) is 5.73. The minimum Gasteiger partial charge on any atom is -0.874 e. The zero-order valence-electron chi connectivity index (χ0n) is 16.7. The van der Waals surface area contributed by atoms with Crippen molar-refractivity contribution in [1.82, 2.24) is 0 Å². The van der Waals surface area contributed by atoms with E-state index in [1.165, 1.54) is 13.0 Å². The Balaban J connectivity index is 0.00000392. The largest absolute Gasteiger partial charge is 1.00 e. The van der Waals surface area contributed by atoms with Gasteiger partial charge in [0.2, 0.25) is 0 Å². The van der Waals surface area contributed by atoms with Gasteiger partial charge in [-0.1, -0.05) is 55.1 Å². The number of nitriles is 1. The SMILES string of the molecule is C[C@H](/C([O-])=C(\C#N)C(=O)OC(C)(C)C)c1ccc(-c2ccccc2)c(F)c1.[Li+]. The molecule has 0 unspecified atom stereocenters. The van der Waals surface area contributed by atoms with E-state index in [4.69, 9.17) is 4.74 Å². The maximum atomic E-state index is 14.5. The van der Waals surface area contributed by atoms with Crippen molar-refractivity contribution < 1.29 is 37.9 Å². The normalized spacial score (nSPS) is 12.9. The fraction of sp³-hybridized carbons (Fsp3) is 0.273. The van der Waals surface area contributed by atoms with Gasteiger partial charge in [-0.25, -0.2) is 9.18 Å². The smallest absolute Gasteiger partial charge is 0.874 e. The van der Waals surface area contributed by atoms with E-state index in [2.05, 4.69) is 0 Å². The number of rotatable bonds is 4. The topological polar surface area (TPSA) is 73.1 Å². The van der Waals surface area contributed by atoms with Crippen LogP contribution in [0.25, 0.3) is 11.1 Å². The fourth-order valence-corrected chi connectivity index (χ4v) is 2.55. The molecule has 1 atom stereocenters. The summed E-state index contributed by atoms with van der Waals surface area (Å²) in [6, 6.07) is 15.1. The van der Waals surface area contributed by atoms with Crippen molar-refractivity contribution in [1.29, 1.82) is 5.26 Å². The zero-order chi connectivity index (χ0) is 20.2. The van der Waals surface area contributed by atoms with Crippen molar-refractivity contribution in [2.75, 3.05) is 0 Å². The van der Waals surface area contributed by atoms with Gasteiger partial charge in [-0.05, 0) is 43.9 Å². The number of ether oxygens (including phenoxy) is 1. The Morgan fingerprint density at radius 3 is 2.29 bits per heavy atom. The number of carbonyl (C=O) groups is 1. The number of esters is 1. The van der Waals surface area contributed by atoms with Crippen LogP contribution in [0.2, 0.25) is 0 Å². The Morgan fingerprint density at radius 2 is 1.79 bits per heavy atom. The maximum absolute atomic E-state index is 14.5. The van der Waals surface area contributed by atoms with Crippen LogP contribution in [-0.2, 0) is 9.53 Å². The Morgan fingerprint density at radius 1 is 1.18 bits per heavy atom. The van der Waals surface area contributed by atoms with Crippen molar-refractivity contribution in [3.63, 3.8) is 0 Å². The van der Waals surface area contributed by atoms with Crippen molar-refractivity contribution in [3.05, 3.63) is 71.2 Å². The van der Waals surface area contributed by atoms with E-state index in [-0.39, 0.29) is 18.9 Å². The molecule has 0 fully saturated rings. The summed E-state index contributed by atoms with van der Waals surface area (Å²) < 4.78 is 19.7. The van der Waals surface area contributed by atoms with Crippen LogP contribution in [0.3, 0.4) is 0 Å². The van der Waals surface area contributed by atoms with Crippen molar-refractivity contribution >= 4 is 5.97 Å². The summed E-state index contributed by atoms with van der Waals surface area (Å²) >= 11 is 0. The molecule has 0 aromatic heterocycles. The molecule has 0 aliphatic heterocycles. The van der Waals surface area contributed by atoms with Gasteiger partial charge < -0.3 is 9.84 Å². The second kappa shape index (κ2) is 9.60. The third-order valence-corrected chi connectivity index (χ3v) is 3.93. The maximum Gasteiger partial charge on any atom is 1.00 e. The Bertz CT molecular complexity index is 912. The average molecular weight is 373 g/mol. The van der Waals surface area contributed by atoms with Gasteiger partial charge in [0, 0.05) is 5.56 Å². The molecule has 2 aromatic rings. The van der Waals surface area contributed by atoms with Crippen molar-refractivity contribution in [2.24, 2.45) is 0 Å². The number of allylic oxidation sites excluding steroid dienone is 1. The molecule has 2 aromatic carbocycles. The van der Waals surface area contributed by atoms with E-state index in [0.717, 1.165) is 5.56 Å². The first-order valence-electron chi connectivity index (χ1n) is 8.53. The van der Waals surface area contributed by atoms with Gasteiger partial charge in [0.15, 0.2) is 0 Å². The number of carbonyl (C=O) groups excluding carboxylic acids is 1. The van der Waals surface area contributed by atoms with E-state index < -0.39 is 34.6 Å². The van der Waals surface area contributed by atoms with Gasteiger partial charge >= 0.3 is 24.8 Å². The second-order valence-electron chi connectivity index (χ2n) is 7.18. The molecule has 0 saturated carbocycles. The summed E-state index contributed by atoms with van der Waals surface area (Å²) in [5.74, 6) is -3.00. The molecule has 0 spiro atoms. The molecule has 0 aliphatic rings. The van der Waals surface area contributed by atoms with Gasteiger partial charge in [0.05, 0.1) is 0 Å². The van der Waals surface area contributed by atoms with Gasteiger partial charge in [0.25, 0.3) is 0 Å². The van der Waals surface area contributed by atoms with Crippen LogP contribution >= 0.6 is 0 Å². The van der Waals surface area contributed by atoms with Crippen LogP contribution in [0.1, 0.15) is 39.2 Å². The Hall–Kier alpha value is -2.53. The van der Waals surface area contributed by atoms with Crippen LogP contribution < -0.4 is 24.0 Å². The molecule has 0 radical (unpaired) electrons. The standard InChI is InChI=1S/C22H22FNO3.Li/c1-14(20(25)18(13-24)21(26)27-22(2,3)4)16-10-11-17(19(23)12-16)15-8-6-5-7-9-15;/h5-12,14,25H,1-4H3;/q;+1/p-1/b20-18-;/t14-;/m0./s1. The van der Waals surface area contributed by atoms with Crippen LogP contribution in [0.5, 0.6) is 0 Å². The minimum atomic E-state index is -0.969. The first-order chi connectivity index (χ1) is 12.6. The third-order valence-electron chi connectivity index (χ3n) is 3.93. The summed E-state index contributed by atoms with van der Waals surface area (Å²) in [5, 5.41) is 21.8. The van der Waals surface area contributed by atoms with Crippen LogP contribution in [0, 0.1) is 17.1 Å². The molecule has 2 rings (SSSR count). The monoisotopic (exact) mass is 373 g/mol. The second-order valence-corrected chi connectivity index (χ2v) is 7.18. The molecule has 0 N–H and O–H groups in total. The molecule has 0 heterocycles. The Labute approximate surface area is 176 Å². The first-order valence-corrected chi connectivity index (χ1v) is 8.53. The number of halogens is 1.